The average molecular weight is 508 g/mol. The largest absolute Gasteiger partial charge is 0.521 e. The predicted octanol–water partition coefficient (Wildman–Crippen LogP) is 4.33. The number of hydrogen-bond donors (Lipinski definition) is 2. The molecule has 10 heteroatoms. The number of alkyl carbamates (subject to hydrolysis) is 1. The normalized spacial score (nSPS) is 11.8. The molecule has 0 aliphatic rings. The number of carboxylic acids is 1. The number of nitrogens with one attached hydrogen (secondary N) is 1. The summed E-state index contributed by atoms with van der Waals surface area (Å²) in [6.07, 6.45) is -2.09. The molecule has 0 aromatic heterocycles. The maximum Gasteiger partial charge on any atom is 0.521 e. The lowest BCUT2D eigenvalue weighted by molar-refractivity contribution is -0.139. The second-order valence-electron chi connectivity index (χ2n) is 7.61. The summed E-state index contributed by atoms with van der Waals surface area (Å²) in [7, 11) is 0. The van der Waals surface area contributed by atoms with Crippen molar-refractivity contribution in [2.45, 2.75) is 38.8 Å². The van der Waals surface area contributed by atoms with Crippen LogP contribution in [0.25, 0.3) is 0 Å². The Morgan fingerprint density at radius 2 is 1.66 bits per heavy atom. The summed E-state index contributed by atoms with van der Waals surface area (Å²) in [6, 6.07) is 11.1. The van der Waals surface area contributed by atoms with Crippen molar-refractivity contribution in [3.63, 3.8) is 0 Å². The molecular formula is C22H22BrNO8. The van der Waals surface area contributed by atoms with Gasteiger partial charge in [-0.25, -0.2) is 19.2 Å². The van der Waals surface area contributed by atoms with Crippen LogP contribution in [0.2, 0.25) is 0 Å². The number of carboxylic acid groups (broad SMARTS) is 1. The first-order valence-electron chi connectivity index (χ1n) is 9.44. The highest BCUT2D eigenvalue weighted by atomic mass is 79.9. The van der Waals surface area contributed by atoms with E-state index in [0.29, 0.717) is 10.0 Å². The highest BCUT2D eigenvalue weighted by Gasteiger charge is 2.24. The van der Waals surface area contributed by atoms with Gasteiger partial charge in [0.25, 0.3) is 0 Å². The van der Waals surface area contributed by atoms with E-state index in [9.17, 15) is 24.3 Å². The molecule has 1 atom stereocenters. The van der Waals surface area contributed by atoms with E-state index in [1.807, 2.05) is 0 Å². The van der Waals surface area contributed by atoms with Gasteiger partial charge in [-0.2, -0.15) is 0 Å². The molecule has 0 aliphatic heterocycles. The zero-order valence-corrected chi connectivity index (χ0v) is 19.2. The summed E-state index contributed by atoms with van der Waals surface area (Å²) in [5.41, 5.74) is -0.0471. The van der Waals surface area contributed by atoms with Crippen molar-refractivity contribution in [1.29, 1.82) is 0 Å². The molecule has 32 heavy (non-hydrogen) atoms. The van der Waals surface area contributed by atoms with Crippen molar-refractivity contribution >= 4 is 40.1 Å². The van der Waals surface area contributed by atoms with E-state index in [1.54, 1.807) is 39.0 Å². The molecule has 2 aromatic carbocycles. The van der Waals surface area contributed by atoms with E-state index in [0.717, 1.165) is 0 Å². The van der Waals surface area contributed by atoms with Crippen LogP contribution in [-0.2, 0) is 20.7 Å². The van der Waals surface area contributed by atoms with Crippen molar-refractivity contribution in [3.8, 4) is 5.75 Å². The summed E-state index contributed by atoms with van der Waals surface area (Å²) in [4.78, 5) is 47.2. The Hall–Kier alpha value is -3.40. The molecule has 1 amide bonds. The number of carbonyl (C=O) groups is 4. The van der Waals surface area contributed by atoms with Crippen molar-refractivity contribution in [3.05, 3.63) is 64.1 Å². The minimum absolute atomic E-state index is 0.0280. The van der Waals surface area contributed by atoms with Crippen molar-refractivity contribution < 1.29 is 38.5 Å². The smallest absolute Gasteiger partial charge is 0.480 e. The van der Waals surface area contributed by atoms with Crippen LogP contribution in [-0.4, -0.2) is 40.9 Å². The Balaban J connectivity index is 1.94. The highest BCUT2D eigenvalue weighted by molar-refractivity contribution is 9.10. The molecule has 9 nitrogen and oxygen atoms in total. The second-order valence-corrected chi connectivity index (χ2v) is 8.46. The molecule has 0 fully saturated rings. The summed E-state index contributed by atoms with van der Waals surface area (Å²) in [5.74, 6) is -2.02. The Labute approximate surface area is 192 Å². The zero-order valence-electron chi connectivity index (χ0n) is 17.6. The molecule has 0 spiro atoms. The maximum atomic E-state index is 12.0. The third-order valence-electron chi connectivity index (χ3n) is 3.82. The lowest BCUT2D eigenvalue weighted by Crippen LogP contribution is -2.44. The number of halogens is 1. The summed E-state index contributed by atoms with van der Waals surface area (Å²) in [6.45, 7) is 5.00. The van der Waals surface area contributed by atoms with E-state index < -0.39 is 35.8 Å². The van der Waals surface area contributed by atoms with Crippen LogP contribution in [0.4, 0.5) is 9.59 Å². The Kier molecular flexibility index (Phi) is 8.36. The topological polar surface area (TPSA) is 128 Å². The fourth-order valence-electron chi connectivity index (χ4n) is 2.45. The molecule has 0 bridgehead atoms. The first-order chi connectivity index (χ1) is 14.9. The molecular weight excluding hydrogens is 486 g/mol. The summed E-state index contributed by atoms with van der Waals surface area (Å²) >= 11 is 3.19. The molecule has 2 aromatic rings. The lowest BCUT2D eigenvalue weighted by Gasteiger charge is -2.22. The Bertz CT molecular complexity index is 998. The SMILES string of the molecule is CC(C)(C)OC(=O)N[C@@H](Cc1ccc(OC(=O)OC(=O)c2ccccc2Br)cc1)C(=O)O. The molecule has 0 aliphatic carbocycles. The quantitative estimate of drug-likeness (QED) is 0.335. The molecule has 0 saturated heterocycles. The van der Waals surface area contributed by atoms with Gasteiger partial charge in [0.15, 0.2) is 0 Å². The highest BCUT2D eigenvalue weighted by Crippen LogP contribution is 2.18. The standard InChI is InChI=1S/C22H22BrNO8/c1-22(2,3)32-20(28)24-17(18(25)26)12-13-8-10-14(11-9-13)30-21(29)31-19(27)15-6-4-5-7-16(15)23/h4-11,17H,12H2,1-3H3,(H,24,28)(H,25,26)/t17-/m0/s1. The van der Waals surface area contributed by atoms with Gasteiger partial charge in [0.2, 0.25) is 0 Å². The first kappa shape index (κ1) is 24.9. The van der Waals surface area contributed by atoms with E-state index in [4.69, 9.17) is 9.47 Å². The molecule has 0 heterocycles. The maximum absolute atomic E-state index is 12.0. The Morgan fingerprint density at radius 3 is 2.22 bits per heavy atom. The number of ether oxygens (including phenoxy) is 3. The van der Waals surface area contributed by atoms with Gasteiger partial charge in [0, 0.05) is 10.9 Å². The minimum atomic E-state index is -1.23. The van der Waals surface area contributed by atoms with Crippen LogP contribution in [0.5, 0.6) is 5.75 Å². The number of hydrogen-bond acceptors (Lipinski definition) is 7. The minimum Gasteiger partial charge on any atom is -0.480 e. The van der Waals surface area contributed by atoms with Gasteiger partial charge in [-0.05, 0) is 66.5 Å². The van der Waals surface area contributed by atoms with Crippen LogP contribution in [0.3, 0.4) is 0 Å². The van der Waals surface area contributed by atoms with Gasteiger partial charge in [0.05, 0.1) is 5.56 Å². The van der Waals surface area contributed by atoms with Crippen molar-refractivity contribution in [2.24, 2.45) is 0 Å². The van der Waals surface area contributed by atoms with Gasteiger partial charge in [-0.1, -0.05) is 24.3 Å². The lowest BCUT2D eigenvalue weighted by atomic mass is 10.1. The number of rotatable bonds is 6. The fourth-order valence-corrected chi connectivity index (χ4v) is 2.90. The second kappa shape index (κ2) is 10.8. The summed E-state index contributed by atoms with van der Waals surface area (Å²) < 4.78 is 15.2. The van der Waals surface area contributed by atoms with Gasteiger partial charge < -0.3 is 24.6 Å². The van der Waals surface area contributed by atoms with E-state index in [2.05, 4.69) is 26.0 Å². The third-order valence-corrected chi connectivity index (χ3v) is 4.51. The van der Waals surface area contributed by atoms with Crippen molar-refractivity contribution in [2.75, 3.05) is 0 Å². The molecule has 0 unspecified atom stereocenters. The predicted molar refractivity (Wildman–Crippen MR) is 117 cm³/mol. The monoisotopic (exact) mass is 507 g/mol. The van der Waals surface area contributed by atoms with Crippen LogP contribution in [0.1, 0.15) is 36.7 Å². The number of esters is 1. The molecule has 2 rings (SSSR count). The number of carbonyl (C=O) groups excluding carboxylic acids is 3. The van der Waals surface area contributed by atoms with Crippen LogP contribution in [0, 0.1) is 0 Å². The van der Waals surface area contributed by atoms with Gasteiger partial charge >= 0.3 is 24.2 Å². The van der Waals surface area contributed by atoms with Crippen LogP contribution < -0.4 is 10.1 Å². The molecule has 0 saturated carbocycles. The average Bonchev–Trinajstić information content (AvgIpc) is 2.67. The molecule has 0 radical (unpaired) electrons. The van der Waals surface area contributed by atoms with Gasteiger partial charge in [0.1, 0.15) is 17.4 Å². The van der Waals surface area contributed by atoms with Gasteiger partial charge in [-0.15, -0.1) is 0 Å². The molecule has 170 valence electrons. The fraction of sp³-hybridized carbons (Fsp3) is 0.273. The first-order valence-corrected chi connectivity index (χ1v) is 10.2. The van der Waals surface area contributed by atoms with Crippen molar-refractivity contribution in [1.82, 2.24) is 5.32 Å². The number of amides is 1. The Morgan fingerprint density at radius 1 is 1.03 bits per heavy atom. The van der Waals surface area contributed by atoms with Crippen LogP contribution in [0.15, 0.2) is 53.0 Å². The van der Waals surface area contributed by atoms with E-state index >= 15 is 0 Å². The van der Waals surface area contributed by atoms with Gasteiger partial charge in [-0.3, -0.25) is 0 Å². The van der Waals surface area contributed by atoms with E-state index in [-0.39, 0.29) is 17.7 Å². The molecule has 2 N–H and O–H groups in total. The van der Waals surface area contributed by atoms with E-state index in [1.165, 1.54) is 30.3 Å². The third kappa shape index (κ3) is 8.03. The zero-order chi connectivity index (χ0) is 23.9. The number of aliphatic carboxylic acids is 1. The summed E-state index contributed by atoms with van der Waals surface area (Å²) in [5, 5.41) is 11.7. The van der Waals surface area contributed by atoms with Crippen LogP contribution >= 0.6 is 15.9 Å². The number of benzene rings is 2.